The van der Waals surface area contributed by atoms with Gasteiger partial charge in [0, 0.05) is 32.2 Å². The molecule has 3 heterocycles. The summed E-state index contributed by atoms with van der Waals surface area (Å²) in [7, 11) is 1.92. The van der Waals surface area contributed by atoms with Crippen molar-refractivity contribution in [3.8, 4) is 0 Å². The third-order valence-corrected chi connectivity index (χ3v) is 5.19. The SMILES string of the molecule is CN1CCC(N2CC3CNCC3C2(C)C)C1=O. The highest BCUT2D eigenvalue weighted by Gasteiger charge is 2.53. The number of rotatable bonds is 1. The molecule has 96 valence electrons. The third-order valence-electron chi connectivity index (χ3n) is 5.19. The molecule has 3 rings (SSSR count). The van der Waals surface area contributed by atoms with Gasteiger partial charge in [-0.15, -0.1) is 0 Å². The lowest BCUT2D eigenvalue weighted by Gasteiger charge is -2.38. The van der Waals surface area contributed by atoms with E-state index >= 15 is 0 Å². The number of carbonyl (C=O) groups excluding carboxylic acids is 1. The molecule has 0 aromatic carbocycles. The van der Waals surface area contributed by atoms with Crippen LogP contribution in [0.15, 0.2) is 0 Å². The van der Waals surface area contributed by atoms with Crippen molar-refractivity contribution < 1.29 is 4.79 Å². The van der Waals surface area contributed by atoms with Crippen molar-refractivity contribution in [2.75, 3.05) is 33.2 Å². The molecule has 0 aliphatic carbocycles. The second kappa shape index (κ2) is 3.69. The molecule has 3 unspecified atom stereocenters. The number of hydrogen-bond donors (Lipinski definition) is 1. The molecule has 0 aromatic heterocycles. The summed E-state index contributed by atoms with van der Waals surface area (Å²) in [4.78, 5) is 16.5. The molecule has 3 fully saturated rings. The van der Waals surface area contributed by atoms with Crippen LogP contribution in [-0.2, 0) is 4.79 Å². The van der Waals surface area contributed by atoms with E-state index in [1.165, 1.54) is 0 Å². The zero-order valence-electron chi connectivity index (χ0n) is 11.1. The number of fused-ring (bicyclic) bond motifs is 1. The minimum Gasteiger partial charge on any atom is -0.344 e. The van der Waals surface area contributed by atoms with Gasteiger partial charge in [0.1, 0.15) is 0 Å². The fourth-order valence-corrected chi connectivity index (χ4v) is 4.07. The number of nitrogens with zero attached hydrogens (tertiary/aromatic N) is 2. The van der Waals surface area contributed by atoms with Gasteiger partial charge < -0.3 is 10.2 Å². The Hall–Kier alpha value is -0.610. The average molecular weight is 237 g/mol. The minimum absolute atomic E-state index is 0.139. The zero-order chi connectivity index (χ0) is 12.2. The third kappa shape index (κ3) is 1.54. The molecule has 0 spiro atoms. The predicted molar refractivity (Wildman–Crippen MR) is 66.7 cm³/mol. The van der Waals surface area contributed by atoms with Crippen molar-refractivity contribution in [1.82, 2.24) is 15.1 Å². The van der Waals surface area contributed by atoms with Gasteiger partial charge in [0.25, 0.3) is 0 Å². The first kappa shape index (κ1) is 11.5. The van der Waals surface area contributed by atoms with Crippen LogP contribution < -0.4 is 5.32 Å². The first-order valence-corrected chi connectivity index (χ1v) is 6.74. The molecule has 0 radical (unpaired) electrons. The van der Waals surface area contributed by atoms with E-state index in [4.69, 9.17) is 0 Å². The Kier molecular flexibility index (Phi) is 2.49. The van der Waals surface area contributed by atoms with E-state index in [9.17, 15) is 4.79 Å². The van der Waals surface area contributed by atoms with Crippen LogP contribution >= 0.6 is 0 Å². The summed E-state index contributed by atoms with van der Waals surface area (Å²) in [6, 6.07) is 0.139. The maximum atomic E-state index is 12.2. The first-order chi connectivity index (χ1) is 8.01. The molecular formula is C13H23N3O. The van der Waals surface area contributed by atoms with Crippen molar-refractivity contribution >= 4 is 5.91 Å². The van der Waals surface area contributed by atoms with E-state index in [-0.39, 0.29) is 11.6 Å². The summed E-state index contributed by atoms with van der Waals surface area (Å²) in [5, 5.41) is 3.49. The maximum absolute atomic E-state index is 12.2. The fraction of sp³-hybridized carbons (Fsp3) is 0.923. The smallest absolute Gasteiger partial charge is 0.239 e. The van der Waals surface area contributed by atoms with E-state index in [0.29, 0.717) is 11.8 Å². The Morgan fingerprint density at radius 3 is 2.71 bits per heavy atom. The molecule has 17 heavy (non-hydrogen) atoms. The monoisotopic (exact) mass is 237 g/mol. The lowest BCUT2D eigenvalue weighted by Crippen LogP contribution is -2.52. The van der Waals surface area contributed by atoms with Crippen molar-refractivity contribution in [2.24, 2.45) is 11.8 Å². The van der Waals surface area contributed by atoms with E-state index in [0.717, 1.165) is 38.5 Å². The molecule has 0 saturated carbocycles. The number of amides is 1. The van der Waals surface area contributed by atoms with Gasteiger partial charge in [-0.25, -0.2) is 0 Å². The van der Waals surface area contributed by atoms with Gasteiger partial charge in [0.05, 0.1) is 6.04 Å². The summed E-state index contributed by atoms with van der Waals surface area (Å²) in [5.74, 6) is 1.77. The van der Waals surface area contributed by atoms with E-state index in [1.807, 2.05) is 11.9 Å². The highest BCUT2D eigenvalue weighted by molar-refractivity contribution is 5.83. The normalized spacial score (nSPS) is 41.2. The summed E-state index contributed by atoms with van der Waals surface area (Å²) in [5.41, 5.74) is 0.166. The standard InChI is InChI=1S/C13H23N3O/c1-13(2)10-7-14-6-9(10)8-16(13)11-4-5-15(3)12(11)17/h9-11,14H,4-8H2,1-3H3. The van der Waals surface area contributed by atoms with Crippen molar-refractivity contribution in [2.45, 2.75) is 31.8 Å². The maximum Gasteiger partial charge on any atom is 0.239 e. The lowest BCUT2D eigenvalue weighted by molar-refractivity contribution is -0.132. The van der Waals surface area contributed by atoms with Crippen LogP contribution in [0.5, 0.6) is 0 Å². The van der Waals surface area contributed by atoms with Gasteiger partial charge in [-0.05, 0) is 38.6 Å². The second-order valence-corrected chi connectivity index (χ2v) is 6.40. The van der Waals surface area contributed by atoms with Crippen molar-refractivity contribution in [1.29, 1.82) is 0 Å². The van der Waals surface area contributed by atoms with Crippen LogP contribution in [0.2, 0.25) is 0 Å². The number of nitrogens with one attached hydrogen (secondary N) is 1. The lowest BCUT2D eigenvalue weighted by atomic mass is 9.84. The Labute approximate surface area is 103 Å². The Morgan fingerprint density at radius 2 is 2.12 bits per heavy atom. The van der Waals surface area contributed by atoms with Gasteiger partial charge in [0.2, 0.25) is 5.91 Å². The molecular weight excluding hydrogens is 214 g/mol. The second-order valence-electron chi connectivity index (χ2n) is 6.40. The Morgan fingerprint density at radius 1 is 1.35 bits per heavy atom. The first-order valence-electron chi connectivity index (χ1n) is 6.74. The predicted octanol–water partition coefficient (Wildman–Crippen LogP) is 0.147. The summed E-state index contributed by atoms with van der Waals surface area (Å²) < 4.78 is 0. The molecule has 0 bridgehead atoms. The van der Waals surface area contributed by atoms with Gasteiger partial charge in [0.15, 0.2) is 0 Å². The van der Waals surface area contributed by atoms with Gasteiger partial charge in [-0.1, -0.05) is 0 Å². The molecule has 0 aromatic rings. The van der Waals surface area contributed by atoms with E-state index < -0.39 is 0 Å². The van der Waals surface area contributed by atoms with Crippen LogP contribution in [0.25, 0.3) is 0 Å². The molecule has 1 amide bonds. The Balaban J connectivity index is 1.83. The number of likely N-dealkylation sites (tertiary alicyclic amines) is 2. The van der Waals surface area contributed by atoms with Crippen LogP contribution in [0, 0.1) is 11.8 Å². The molecule has 3 atom stereocenters. The average Bonchev–Trinajstić information content (AvgIpc) is 2.90. The summed E-state index contributed by atoms with van der Waals surface area (Å²) >= 11 is 0. The largest absolute Gasteiger partial charge is 0.344 e. The number of likely N-dealkylation sites (N-methyl/N-ethyl adjacent to an activating group) is 1. The minimum atomic E-state index is 0.139. The van der Waals surface area contributed by atoms with Crippen LogP contribution in [0.1, 0.15) is 20.3 Å². The highest BCUT2D eigenvalue weighted by Crippen LogP contribution is 2.43. The number of hydrogen-bond acceptors (Lipinski definition) is 3. The molecule has 1 N–H and O–H groups in total. The topological polar surface area (TPSA) is 35.6 Å². The molecule has 3 saturated heterocycles. The zero-order valence-corrected chi connectivity index (χ0v) is 11.1. The van der Waals surface area contributed by atoms with Gasteiger partial charge in [-0.3, -0.25) is 9.69 Å². The molecule has 3 aliphatic rings. The summed E-state index contributed by atoms with van der Waals surface area (Å²) in [6.45, 7) is 8.89. The fourth-order valence-electron chi connectivity index (χ4n) is 4.07. The van der Waals surface area contributed by atoms with Crippen LogP contribution in [-0.4, -0.2) is 60.5 Å². The van der Waals surface area contributed by atoms with Crippen LogP contribution in [0.4, 0.5) is 0 Å². The van der Waals surface area contributed by atoms with Crippen molar-refractivity contribution in [3.63, 3.8) is 0 Å². The van der Waals surface area contributed by atoms with Gasteiger partial charge in [-0.2, -0.15) is 0 Å². The number of carbonyl (C=O) groups is 1. The molecule has 3 aliphatic heterocycles. The van der Waals surface area contributed by atoms with E-state index in [1.54, 1.807) is 0 Å². The molecule has 4 heteroatoms. The quantitative estimate of drug-likeness (QED) is 0.705. The Bertz CT molecular complexity index is 342. The molecule has 4 nitrogen and oxygen atoms in total. The van der Waals surface area contributed by atoms with Gasteiger partial charge >= 0.3 is 0 Å². The highest BCUT2D eigenvalue weighted by atomic mass is 16.2. The van der Waals surface area contributed by atoms with Crippen molar-refractivity contribution in [3.05, 3.63) is 0 Å². The van der Waals surface area contributed by atoms with E-state index in [2.05, 4.69) is 24.1 Å². The van der Waals surface area contributed by atoms with Crippen LogP contribution in [0.3, 0.4) is 0 Å². The summed E-state index contributed by atoms with van der Waals surface area (Å²) in [6.07, 6.45) is 1.01.